The molecule has 0 saturated carbocycles. The average molecular weight is 329 g/mol. The van der Waals surface area contributed by atoms with Crippen molar-refractivity contribution >= 4 is 38.9 Å². The van der Waals surface area contributed by atoms with E-state index in [9.17, 15) is 9.59 Å². The monoisotopic (exact) mass is 328 g/mol. The summed E-state index contributed by atoms with van der Waals surface area (Å²) in [6.45, 7) is 0. The van der Waals surface area contributed by atoms with Gasteiger partial charge in [-0.2, -0.15) is 0 Å². The Morgan fingerprint density at radius 3 is 2.90 bits per heavy atom. The van der Waals surface area contributed by atoms with Gasteiger partial charge in [0.15, 0.2) is 5.78 Å². The second-order valence-corrected chi connectivity index (χ2v) is 5.22. The second-order valence-electron chi connectivity index (χ2n) is 4.31. The molecule has 0 radical (unpaired) electrons. The van der Waals surface area contributed by atoms with Gasteiger partial charge in [-0.3, -0.25) is 14.6 Å². The summed E-state index contributed by atoms with van der Waals surface area (Å²) in [4.78, 5) is 28.0. The van der Waals surface area contributed by atoms with Gasteiger partial charge in [-0.25, -0.2) is 0 Å². The second kappa shape index (κ2) is 5.02. The molecule has 1 N–H and O–H groups in total. The van der Waals surface area contributed by atoms with Crippen LogP contribution in [-0.4, -0.2) is 16.7 Å². The molecule has 0 unspecified atom stereocenters. The third-order valence-electron chi connectivity index (χ3n) is 2.99. The lowest BCUT2D eigenvalue weighted by atomic mass is 10.0. The molecule has 1 aromatic carbocycles. The van der Waals surface area contributed by atoms with Gasteiger partial charge in [-0.05, 0) is 30.3 Å². The highest BCUT2D eigenvalue weighted by atomic mass is 79.9. The van der Waals surface area contributed by atoms with E-state index in [4.69, 9.17) is 0 Å². The zero-order valence-electron chi connectivity index (χ0n) is 10.3. The number of hydrogen-bond donors (Lipinski definition) is 1. The molecule has 0 atom stereocenters. The molecule has 98 valence electrons. The first-order valence-corrected chi connectivity index (χ1v) is 6.72. The first-order chi connectivity index (χ1) is 9.65. The predicted molar refractivity (Wildman–Crippen MR) is 79.3 cm³/mol. The van der Waals surface area contributed by atoms with Crippen molar-refractivity contribution in [1.82, 2.24) is 4.98 Å². The fourth-order valence-corrected chi connectivity index (χ4v) is 2.39. The average Bonchev–Trinajstić information content (AvgIpc) is 2.75. The van der Waals surface area contributed by atoms with E-state index in [1.165, 1.54) is 12.3 Å². The number of allylic oxidation sites excluding steroid dienone is 1. The lowest BCUT2D eigenvalue weighted by Crippen LogP contribution is -2.06. The van der Waals surface area contributed by atoms with Crippen LogP contribution in [0.1, 0.15) is 15.9 Å². The quantitative estimate of drug-likeness (QED) is 0.680. The Hall–Kier alpha value is -2.27. The SMILES string of the molecule is O=C1Nc2cc(Br)ccc2/C1=C\C(=O)c1cccnc1. The number of carbonyl (C=O) groups is 2. The minimum absolute atomic E-state index is 0.237. The summed E-state index contributed by atoms with van der Waals surface area (Å²) in [7, 11) is 0. The Morgan fingerprint density at radius 2 is 2.15 bits per heavy atom. The maximum atomic E-state index is 12.1. The van der Waals surface area contributed by atoms with Crippen molar-refractivity contribution in [2.75, 3.05) is 5.32 Å². The molecule has 1 aliphatic rings. The number of ketones is 1. The first kappa shape index (κ1) is 12.7. The van der Waals surface area contributed by atoms with Crippen LogP contribution >= 0.6 is 15.9 Å². The molecule has 0 bridgehead atoms. The predicted octanol–water partition coefficient (Wildman–Crippen LogP) is 3.06. The molecule has 0 fully saturated rings. The Bertz CT molecular complexity index is 739. The van der Waals surface area contributed by atoms with Crippen LogP contribution in [0, 0.1) is 0 Å². The number of hydrogen-bond acceptors (Lipinski definition) is 3. The van der Waals surface area contributed by atoms with Gasteiger partial charge < -0.3 is 5.32 Å². The van der Waals surface area contributed by atoms with E-state index in [-0.39, 0.29) is 11.7 Å². The lowest BCUT2D eigenvalue weighted by Gasteiger charge is -1.99. The van der Waals surface area contributed by atoms with Gasteiger partial charge in [0.05, 0.1) is 11.3 Å². The Kier molecular flexibility index (Phi) is 3.20. The molecule has 0 aliphatic carbocycles. The number of anilines is 1. The molecule has 1 amide bonds. The van der Waals surface area contributed by atoms with E-state index in [1.54, 1.807) is 24.4 Å². The zero-order valence-corrected chi connectivity index (χ0v) is 11.8. The van der Waals surface area contributed by atoms with Crippen molar-refractivity contribution in [1.29, 1.82) is 0 Å². The Labute approximate surface area is 123 Å². The van der Waals surface area contributed by atoms with Crippen LogP contribution in [0.15, 0.2) is 53.3 Å². The first-order valence-electron chi connectivity index (χ1n) is 5.92. The summed E-state index contributed by atoms with van der Waals surface area (Å²) in [6, 6.07) is 8.80. The summed E-state index contributed by atoms with van der Waals surface area (Å²) in [6.07, 6.45) is 4.43. The van der Waals surface area contributed by atoms with Crippen molar-refractivity contribution in [3.8, 4) is 0 Å². The van der Waals surface area contributed by atoms with E-state index >= 15 is 0 Å². The molecule has 0 spiro atoms. The minimum Gasteiger partial charge on any atom is -0.321 e. The van der Waals surface area contributed by atoms with Crippen LogP contribution in [0.2, 0.25) is 0 Å². The summed E-state index contributed by atoms with van der Waals surface area (Å²) < 4.78 is 0.872. The smallest absolute Gasteiger partial charge is 0.256 e. The molecule has 5 heteroatoms. The van der Waals surface area contributed by atoms with Gasteiger partial charge in [-0.1, -0.05) is 22.0 Å². The van der Waals surface area contributed by atoms with Crippen molar-refractivity contribution < 1.29 is 9.59 Å². The number of aromatic nitrogens is 1. The van der Waals surface area contributed by atoms with E-state index < -0.39 is 0 Å². The molecular weight excluding hydrogens is 320 g/mol. The normalized spacial score (nSPS) is 15.1. The number of amides is 1. The van der Waals surface area contributed by atoms with E-state index in [0.29, 0.717) is 16.8 Å². The van der Waals surface area contributed by atoms with Crippen molar-refractivity contribution in [2.24, 2.45) is 0 Å². The van der Waals surface area contributed by atoms with Crippen LogP contribution in [0.25, 0.3) is 5.57 Å². The number of benzene rings is 1. The number of fused-ring (bicyclic) bond motifs is 1. The van der Waals surface area contributed by atoms with E-state index in [0.717, 1.165) is 10.0 Å². The van der Waals surface area contributed by atoms with E-state index in [2.05, 4.69) is 26.2 Å². The molecule has 4 nitrogen and oxygen atoms in total. The van der Waals surface area contributed by atoms with Gasteiger partial charge >= 0.3 is 0 Å². The third-order valence-corrected chi connectivity index (χ3v) is 3.48. The maximum absolute atomic E-state index is 12.1. The summed E-state index contributed by atoms with van der Waals surface area (Å²) in [5.41, 5.74) is 2.27. The highest BCUT2D eigenvalue weighted by Gasteiger charge is 2.25. The molecule has 1 aliphatic heterocycles. The summed E-state index contributed by atoms with van der Waals surface area (Å²) >= 11 is 3.35. The molecule has 2 heterocycles. The summed E-state index contributed by atoms with van der Waals surface area (Å²) in [5.74, 6) is -0.505. The number of nitrogens with one attached hydrogen (secondary N) is 1. The minimum atomic E-state index is -0.268. The summed E-state index contributed by atoms with van der Waals surface area (Å²) in [5, 5.41) is 2.74. The van der Waals surface area contributed by atoms with Crippen molar-refractivity contribution in [3.63, 3.8) is 0 Å². The highest BCUT2D eigenvalue weighted by molar-refractivity contribution is 9.10. The van der Waals surface area contributed by atoms with Gasteiger partial charge in [-0.15, -0.1) is 0 Å². The topological polar surface area (TPSA) is 59.1 Å². The third kappa shape index (κ3) is 2.28. The van der Waals surface area contributed by atoms with Gasteiger partial charge in [0, 0.05) is 28.0 Å². The van der Waals surface area contributed by atoms with Gasteiger partial charge in [0.1, 0.15) is 0 Å². The van der Waals surface area contributed by atoms with Crippen molar-refractivity contribution in [2.45, 2.75) is 0 Å². The molecule has 3 rings (SSSR count). The van der Waals surface area contributed by atoms with Gasteiger partial charge in [0.2, 0.25) is 0 Å². The van der Waals surface area contributed by atoms with Crippen LogP contribution in [0.3, 0.4) is 0 Å². The molecule has 2 aromatic rings. The van der Waals surface area contributed by atoms with Crippen LogP contribution in [0.5, 0.6) is 0 Å². The maximum Gasteiger partial charge on any atom is 0.256 e. The number of rotatable bonds is 2. The fraction of sp³-hybridized carbons (Fsp3) is 0. The van der Waals surface area contributed by atoms with Crippen molar-refractivity contribution in [3.05, 3.63) is 64.4 Å². The zero-order chi connectivity index (χ0) is 14.1. The number of carbonyl (C=O) groups excluding carboxylic acids is 2. The Morgan fingerprint density at radius 1 is 1.30 bits per heavy atom. The highest BCUT2D eigenvalue weighted by Crippen LogP contribution is 2.33. The van der Waals surface area contributed by atoms with Crippen LogP contribution in [0.4, 0.5) is 5.69 Å². The molecule has 1 aromatic heterocycles. The lowest BCUT2D eigenvalue weighted by molar-refractivity contribution is -0.110. The van der Waals surface area contributed by atoms with Crippen LogP contribution in [-0.2, 0) is 4.79 Å². The molecule has 0 saturated heterocycles. The molecule has 20 heavy (non-hydrogen) atoms. The number of pyridine rings is 1. The number of halogens is 1. The van der Waals surface area contributed by atoms with E-state index in [1.807, 2.05) is 12.1 Å². The largest absolute Gasteiger partial charge is 0.321 e. The standard InChI is InChI=1S/C15H9BrN2O2/c16-10-3-4-11-12(15(20)18-13(11)6-10)7-14(19)9-2-1-5-17-8-9/h1-8H,(H,18,20)/b12-7+. The number of nitrogens with zero attached hydrogens (tertiary/aromatic N) is 1. The molecular formula is C15H9BrN2O2. The Balaban J connectivity index is 2.01. The van der Waals surface area contributed by atoms with Crippen LogP contribution < -0.4 is 5.32 Å². The van der Waals surface area contributed by atoms with Gasteiger partial charge in [0.25, 0.3) is 5.91 Å². The fourth-order valence-electron chi connectivity index (χ4n) is 2.03.